The first-order valence-electron chi connectivity index (χ1n) is 6.07. The first-order chi connectivity index (χ1) is 7.66. The van der Waals surface area contributed by atoms with E-state index in [-0.39, 0.29) is 0 Å². The second-order valence-corrected chi connectivity index (χ2v) is 4.88. The second kappa shape index (κ2) is 4.97. The van der Waals surface area contributed by atoms with Crippen LogP contribution in [0.5, 0.6) is 0 Å². The number of hydrogen-bond donors (Lipinski definition) is 1. The van der Waals surface area contributed by atoms with E-state index < -0.39 is 0 Å². The quantitative estimate of drug-likeness (QED) is 0.828. The van der Waals surface area contributed by atoms with Crippen LogP contribution in [0.4, 0.5) is 0 Å². The molecule has 0 saturated carbocycles. The average Bonchev–Trinajstić information content (AvgIpc) is 2.66. The molecule has 4 heteroatoms. The van der Waals surface area contributed by atoms with Gasteiger partial charge in [0.25, 0.3) is 0 Å². The fraction of sp³-hybridized carbons (Fsp3) is 0.750. The van der Waals surface area contributed by atoms with Gasteiger partial charge in [-0.25, -0.2) is 0 Å². The van der Waals surface area contributed by atoms with E-state index in [1.807, 2.05) is 17.9 Å². The van der Waals surface area contributed by atoms with E-state index in [2.05, 4.69) is 35.4 Å². The molecule has 0 bridgehead atoms. The summed E-state index contributed by atoms with van der Waals surface area (Å²) in [5.74, 6) is 0. The lowest BCUT2D eigenvalue weighted by Gasteiger charge is -2.35. The topological polar surface area (TPSA) is 33.1 Å². The van der Waals surface area contributed by atoms with Gasteiger partial charge in [0, 0.05) is 31.9 Å². The van der Waals surface area contributed by atoms with Gasteiger partial charge in [0.15, 0.2) is 0 Å². The molecule has 1 aliphatic heterocycles. The maximum absolute atomic E-state index is 4.18. The molecule has 0 aliphatic carbocycles. The van der Waals surface area contributed by atoms with Gasteiger partial charge in [-0.3, -0.25) is 4.68 Å². The second-order valence-electron chi connectivity index (χ2n) is 4.88. The molecule has 1 aliphatic rings. The van der Waals surface area contributed by atoms with E-state index in [0.29, 0.717) is 12.1 Å². The van der Waals surface area contributed by atoms with Gasteiger partial charge in [0.1, 0.15) is 0 Å². The van der Waals surface area contributed by atoms with Crippen molar-refractivity contribution in [2.75, 3.05) is 13.6 Å². The Morgan fingerprint density at radius 3 is 2.94 bits per heavy atom. The molecular formula is C12H22N4. The van der Waals surface area contributed by atoms with Crippen molar-refractivity contribution in [1.82, 2.24) is 20.0 Å². The Morgan fingerprint density at radius 2 is 2.31 bits per heavy atom. The van der Waals surface area contributed by atoms with Crippen LogP contribution in [-0.2, 0) is 13.6 Å². The van der Waals surface area contributed by atoms with Crippen LogP contribution in [0, 0.1) is 0 Å². The smallest absolute Gasteiger partial charge is 0.0518 e. The summed E-state index contributed by atoms with van der Waals surface area (Å²) in [4.78, 5) is 2.43. The number of aromatic nitrogens is 2. The van der Waals surface area contributed by atoms with Gasteiger partial charge in [-0.2, -0.15) is 5.10 Å². The summed E-state index contributed by atoms with van der Waals surface area (Å²) in [6.07, 6.45) is 4.35. The van der Waals surface area contributed by atoms with Crippen LogP contribution in [0.15, 0.2) is 12.3 Å². The largest absolute Gasteiger partial charge is 0.308 e. The molecule has 1 aromatic rings. The molecule has 1 N–H and O–H groups in total. The number of nitrogens with zero attached hydrogens (tertiary/aromatic N) is 3. The predicted molar refractivity (Wildman–Crippen MR) is 65.2 cm³/mol. The third kappa shape index (κ3) is 2.62. The highest BCUT2D eigenvalue weighted by atomic mass is 15.3. The van der Waals surface area contributed by atoms with E-state index in [1.54, 1.807) is 0 Å². The van der Waals surface area contributed by atoms with Crippen LogP contribution in [0.3, 0.4) is 0 Å². The summed E-state index contributed by atoms with van der Waals surface area (Å²) in [6, 6.07) is 3.42. The average molecular weight is 222 g/mol. The number of likely N-dealkylation sites (tertiary alicyclic amines) is 1. The van der Waals surface area contributed by atoms with Crippen LogP contribution in [0.1, 0.15) is 25.5 Å². The van der Waals surface area contributed by atoms with Crippen molar-refractivity contribution in [3.8, 4) is 0 Å². The lowest BCUT2D eigenvalue weighted by molar-refractivity contribution is 0.167. The van der Waals surface area contributed by atoms with E-state index in [0.717, 1.165) is 6.54 Å². The Bertz CT molecular complexity index is 334. The summed E-state index contributed by atoms with van der Waals surface area (Å²) in [5, 5.41) is 7.80. The molecule has 1 saturated heterocycles. The summed E-state index contributed by atoms with van der Waals surface area (Å²) in [6.45, 7) is 4.43. The standard InChI is InChI=1S/C12H22N4/c1-10-8-11(5-7-15(10)2)13-9-12-4-6-14-16(12)3/h4,6,10-11,13H,5,7-9H2,1-3H3. The fourth-order valence-corrected chi connectivity index (χ4v) is 2.30. The van der Waals surface area contributed by atoms with Gasteiger partial charge in [0.05, 0.1) is 5.69 Å². The van der Waals surface area contributed by atoms with Crippen LogP contribution in [0.2, 0.25) is 0 Å². The first-order valence-corrected chi connectivity index (χ1v) is 6.07. The van der Waals surface area contributed by atoms with Gasteiger partial charge < -0.3 is 10.2 Å². The predicted octanol–water partition coefficient (Wildman–Crippen LogP) is 0.992. The lowest BCUT2D eigenvalue weighted by atomic mass is 9.99. The Kier molecular flexibility index (Phi) is 3.61. The van der Waals surface area contributed by atoms with Gasteiger partial charge in [-0.15, -0.1) is 0 Å². The molecule has 2 rings (SSSR count). The third-order valence-electron chi connectivity index (χ3n) is 3.70. The molecule has 90 valence electrons. The molecule has 2 atom stereocenters. The van der Waals surface area contributed by atoms with Crippen LogP contribution in [0.25, 0.3) is 0 Å². The third-order valence-corrected chi connectivity index (χ3v) is 3.70. The van der Waals surface area contributed by atoms with E-state index >= 15 is 0 Å². The number of piperidine rings is 1. The zero-order valence-electron chi connectivity index (χ0n) is 10.5. The zero-order chi connectivity index (χ0) is 11.5. The summed E-state index contributed by atoms with van der Waals surface area (Å²) in [7, 11) is 4.20. The molecule has 0 amide bonds. The molecule has 2 unspecified atom stereocenters. The number of aryl methyl sites for hydroxylation is 1. The normalized spacial score (nSPS) is 27.2. The molecule has 4 nitrogen and oxygen atoms in total. The molecule has 1 fully saturated rings. The monoisotopic (exact) mass is 222 g/mol. The van der Waals surface area contributed by atoms with Crippen molar-refractivity contribution in [3.63, 3.8) is 0 Å². The maximum Gasteiger partial charge on any atom is 0.0518 e. The molecular weight excluding hydrogens is 200 g/mol. The van der Waals surface area contributed by atoms with Crippen molar-refractivity contribution in [3.05, 3.63) is 18.0 Å². The number of rotatable bonds is 3. The zero-order valence-corrected chi connectivity index (χ0v) is 10.5. The Morgan fingerprint density at radius 1 is 1.50 bits per heavy atom. The highest BCUT2D eigenvalue weighted by Gasteiger charge is 2.22. The van der Waals surface area contributed by atoms with Crippen molar-refractivity contribution in [2.24, 2.45) is 7.05 Å². The van der Waals surface area contributed by atoms with E-state index in [4.69, 9.17) is 0 Å². The summed E-state index contributed by atoms with van der Waals surface area (Å²) >= 11 is 0. The first kappa shape index (κ1) is 11.6. The molecule has 2 heterocycles. The van der Waals surface area contributed by atoms with Gasteiger partial charge in [0.2, 0.25) is 0 Å². The Balaban J connectivity index is 1.81. The lowest BCUT2D eigenvalue weighted by Crippen LogP contribution is -2.45. The Labute approximate surface area is 97.6 Å². The van der Waals surface area contributed by atoms with Gasteiger partial charge in [-0.1, -0.05) is 0 Å². The Hall–Kier alpha value is -0.870. The molecule has 0 radical (unpaired) electrons. The minimum atomic E-state index is 0.654. The van der Waals surface area contributed by atoms with Crippen LogP contribution in [-0.4, -0.2) is 40.4 Å². The minimum Gasteiger partial charge on any atom is -0.308 e. The van der Waals surface area contributed by atoms with E-state index in [1.165, 1.54) is 25.1 Å². The molecule has 0 aromatic carbocycles. The van der Waals surface area contributed by atoms with Crippen molar-refractivity contribution >= 4 is 0 Å². The highest BCUT2D eigenvalue weighted by molar-refractivity contribution is 4.99. The maximum atomic E-state index is 4.18. The van der Waals surface area contributed by atoms with Crippen LogP contribution >= 0.6 is 0 Å². The molecule has 16 heavy (non-hydrogen) atoms. The van der Waals surface area contributed by atoms with Gasteiger partial charge in [-0.05, 0) is 39.4 Å². The van der Waals surface area contributed by atoms with Crippen molar-refractivity contribution < 1.29 is 0 Å². The van der Waals surface area contributed by atoms with Crippen LogP contribution < -0.4 is 5.32 Å². The SMILES string of the molecule is CC1CC(NCc2ccnn2C)CCN1C. The summed E-state index contributed by atoms with van der Waals surface area (Å²) < 4.78 is 1.94. The minimum absolute atomic E-state index is 0.654. The van der Waals surface area contributed by atoms with Crippen molar-refractivity contribution in [2.45, 2.75) is 38.4 Å². The van der Waals surface area contributed by atoms with Crippen molar-refractivity contribution in [1.29, 1.82) is 0 Å². The van der Waals surface area contributed by atoms with Gasteiger partial charge >= 0.3 is 0 Å². The molecule has 0 spiro atoms. The fourth-order valence-electron chi connectivity index (χ4n) is 2.30. The number of nitrogens with one attached hydrogen (secondary N) is 1. The molecule has 1 aromatic heterocycles. The number of hydrogen-bond acceptors (Lipinski definition) is 3. The summed E-state index contributed by atoms with van der Waals surface area (Å²) in [5.41, 5.74) is 1.26. The van der Waals surface area contributed by atoms with E-state index in [9.17, 15) is 0 Å². The highest BCUT2D eigenvalue weighted by Crippen LogP contribution is 2.15.